The van der Waals surface area contributed by atoms with Crippen molar-refractivity contribution in [1.29, 1.82) is 0 Å². The van der Waals surface area contributed by atoms with Gasteiger partial charge in [0.25, 0.3) is 0 Å². The number of hydrogen-bond acceptors (Lipinski definition) is 4. The van der Waals surface area contributed by atoms with Crippen molar-refractivity contribution in [1.82, 2.24) is 15.1 Å². The molecule has 1 fully saturated rings. The molecule has 3 atom stereocenters. The highest BCUT2D eigenvalue weighted by molar-refractivity contribution is 5.78. The van der Waals surface area contributed by atoms with Crippen LogP contribution in [-0.2, 0) is 9.53 Å². The van der Waals surface area contributed by atoms with Crippen LogP contribution in [0.25, 0.3) is 5.69 Å². The molecule has 1 aliphatic heterocycles. The van der Waals surface area contributed by atoms with E-state index in [-0.39, 0.29) is 30.0 Å². The van der Waals surface area contributed by atoms with Gasteiger partial charge in [-0.15, -0.1) is 0 Å². The van der Waals surface area contributed by atoms with E-state index in [1.807, 2.05) is 26.8 Å². The quantitative estimate of drug-likeness (QED) is 0.881. The van der Waals surface area contributed by atoms with Gasteiger partial charge in [0.05, 0.1) is 6.20 Å². The number of hydrogen-bond donors (Lipinski definition) is 1. The largest absolute Gasteiger partial charge is 0.461 e. The molecule has 1 aromatic carbocycles. The van der Waals surface area contributed by atoms with Crippen molar-refractivity contribution >= 4 is 5.97 Å². The summed E-state index contributed by atoms with van der Waals surface area (Å²) in [5.74, 6) is -0.588. The lowest BCUT2D eigenvalue weighted by atomic mass is 10.1. The molecule has 122 valence electrons. The lowest BCUT2D eigenvalue weighted by Crippen LogP contribution is -2.35. The van der Waals surface area contributed by atoms with Gasteiger partial charge in [0.2, 0.25) is 0 Å². The van der Waals surface area contributed by atoms with Crippen molar-refractivity contribution in [2.45, 2.75) is 45.4 Å². The number of cyclic esters (lactones) is 1. The van der Waals surface area contributed by atoms with Gasteiger partial charge in [0.15, 0.2) is 0 Å². The van der Waals surface area contributed by atoms with E-state index in [4.69, 9.17) is 4.74 Å². The summed E-state index contributed by atoms with van der Waals surface area (Å²) in [6, 6.07) is 4.53. The lowest BCUT2D eigenvalue weighted by Gasteiger charge is -2.18. The Hall–Kier alpha value is -2.21. The van der Waals surface area contributed by atoms with Gasteiger partial charge in [-0.2, -0.15) is 5.10 Å². The van der Waals surface area contributed by atoms with E-state index in [9.17, 15) is 9.18 Å². The van der Waals surface area contributed by atoms with Crippen LogP contribution in [0, 0.1) is 12.7 Å². The predicted octanol–water partition coefficient (Wildman–Crippen LogP) is 2.67. The van der Waals surface area contributed by atoms with E-state index in [1.54, 1.807) is 18.5 Å². The highest BCUT2D eigenvalue weighted by Crippen LogP contribution is 2.22. The van der Waals surface area contributed by atoms with E-state index in [2.05, 4.69) is 10.4 Å². The zero-order chi connectivity index (χ0) is 16.6. The summed E-state index contributed by atoms with van der Waals surface area (Å²) in [6.45, 7) is 5.68. The third kappa shape index (κ3) is 3.27. The van der Waals surface area contributed by atoms with Crippen molar-refractivity contribution in [3.63, 3.8) is 0 Å². The Labute approximate surface area is 134 Å². The van der Waals surface area contributed by atoms with Crippen molar-refractivity contribution in [3.05, 3.63) is 47.5 Å². The first-order valence-electron chi connectivity index (χ1n) is 7.71. The Morgan fingerprint density at radius 2 is 2.26 bits per heavy atom. The molecule has 0 radical (unpaired) electrons. The highest BCUT2D eigenvalue weighted by atomic mass is 19.1. The smallest absolute Gasteiger partial charge is 0.323 e. The van der Waals surface area contributed by atoms with Crippen LogP contribution < -0.4 is 5.32 Å². The van der Waals surface area contributed by atoms with Gasteiger partial charge in [-0.05, 0) is 44.0 Å². The summed E-state index contributed by atoms with van der Waals surface area (Å²) in [6.07, 6.45) is 4.02. The van der Waals surface area contributed by atoms with E-state index in [0.29, 0.717) is 12.1 Å². The number of ether oxygens (including phenoxy) is 1. The molecule has 0 unspecified atom stereocenters. The Balaban J connectivity index is 1.76. The van der Waals surface area contributed by atoms with Gasteiger partial charge >= 0.3 is 5.97 Å². The zero-order valence-corrected chi connectivity index (χ0v) is 13.4. The van der Waals surface area contributed by atoms with Crippen LogP contribution in [0.1, 0.15) is 37.4 Å². The summed E-state index contributed by atoms with van der Waals surface area (Å²) < 4.78 is 21.0. The molecular formula is C17H20FN3O2. The standard InChI is InChI=1S/C17H20FN3O2/c1-10-8-19-21(9-10)16-5-4-13(7-14(16)18)12(3)20-15-6-11(2)23-17(15)22/h4-5,7-9,11-12,15,20H,6H2,1-3H3/t11-,12+,15-/m1/s1. The fourth-order valence-electron chi connectivity index (χ4n) is 2.81. The molecule has 23 heavy (non-hydrogen) atoms. The molecule has 1 N–H and O–H groups in total. The lowest BCUT2D eigenvalue weighted by molar-refractivity contribution is -0.142. The summed E-state index contributed by atoms with van der Waals surface area (Å²) in [5.41, 5.74) is 2.16. The molecule has 2 aromatic rings. The molecule has 0 amide bonds. The first-order valence-corrected chi connectivity index (χ1v) is 7.71. The number of benzene rings is 1. The molecule has 6 heteroatoms. The first-order chi connectivity index (χ1) is 10.9. The normalized spacial score (nSPS) is 22.2. The molecule has 5 nitrogen and oxygen atoms in total. The zero-order valence-electron chi connectivity index (χ0n) is 13.4. The monoisotopic (exact) mass is 317 g/mol. The Morgan fingerprint density at radius 1 is 1.48 bits per heavy atom. The minimum absolute atomic E-state index is 0.0747. The Morgan fingerprint density at radius 3 is 2.83 bits per heavy atom. The molecule has 3 rings (SSSR count). The average molecular weight is 317 g/mol. The molecule has 0 bridgehead atoms. The second kappa shape index (κ2) is 6.12. The second-order valence-corrected chi connectivity index (χ2v) is 6.10. The van der Waals surface area contributed by atoms with Gasteiger partial charge in [-0.25, -0.2) is 9.07 Å². The number of esters is 1. The molecule has 1 aromatic heterocycles. The van der Waals surface area contributed by atoms with Gasteiger partial charge in [0, 0.05) is 18.7 Å². The topological polar surface area (TPSA) is 56.1 Å². The number of nitrogens with zero attached hydrogens (tertiary/aromatic N) is 2. The fourth-order valence-corrected chi connectivity index (χ4v) is 2.81. The SMILES string of the molecule is Cc1cnn(-c2ccc([C@H](C)N[C@@H]3C[C@@H](C)OC3=O)cc2F)c1. The average Bonchev–Trinajstić information content (AvgIpc) is 3.04. The second-order valence-electron chi connectivity index (χ2n) is 6.10. The van der Waals surface area contributed by atoms with Crippen LogP contribution in [0.3, 0.4) is 0 Å². The minimum atomic E-state index is -0.346. The number of carbonyl (C=O) groups excluding carboxylic acids is 1. The molecule has 0 aliphatic carbocycles. The third-order valence-electron chi connectivity index (χ3n) is 4.05. The Bertz CT molecular complexity index is 728. The van der Waals surface area contributed by atoms with Crippen molar-refractivity contribution in [3.8, 4) is 5.69 Å². The van der Waals surface area contributed by atoms with Crippen molar-refractivity contribution in [2.24, 2.45) is 0 Å². The summed E-state index contributed by atoms with van der Waals surface area (Å²) >= 11 is 0. The van der Waals surface area contributed by atoms with Gasteiger partial charge < -0.3 is 4.74 Å². The van der Waals surface area contributed by atoms with Gasteiger partial charge in [-0.3, -0.25) is 10.1 Å². The maximum Gasteiger partial charge on any atom is 0.323 e. The minimum Gasteiger partial charge on any atom is -0.461 e. The maximum atomic E-state index is 14.4. The van der Waals surface area contributed by atoms with Crippen LogP contribution in [0.5, 0.6) is 0 Å². The molecule has 0 saturated carbocycles. The van der Waals surface area contributed by atoms with E-state index in [0.717, 1.165) is 11.1 Å². The number of halogens is 1. The van der Waals surface area contributed by atoms with Crippen molar-refractivity contribution in [2.75, 3.05) is 0 Å². The molecule has 0 spiro atoms. The van der Waals surface area contributed by atoms with E-state index >= 15 is 0 Å². The summed E-state index contributed by atoms with van der Waals surface area (Å²) in [7, 11) is 0. The fraction of sp³-hybridized carbons (Fsp3) is 0.412. The highest BCUT2D eigenvalue weighted by Gasteiger charge is 2.32. The van der Waals surface area contributed by atoms with Crippen LogP contribution in [-0.4, -0.2) is 27.9 Å². The predicted molar refractivity (Wildman–Crippen MR) is 83.8 cm³/mol. The number of carbonyl (C=O) groups is 1. The molecule has 2 heterocycles. The molecule has 1 aliphatic rings. The van der Waals surface area contributed by atoms with Crippen LogP contribution >= 0.6 is 0 Å². The third-order valence-corrected chi connectivity index (χ3v) is 4.05. The van der Waals surface area contributed by atoms with Gasteiger partial charge in [-0.1, -0.05) is 6.07 Å². The molecule has 1 saturated heterocycles. The summed E-state index contributed by atoms with van der Waals surface area (Å²) in [5, 5.41) is 7.32. The number of rotatable bonds is 4. The maximum absolute atomic E-state index is 14.4. The van der Waals surface area contributed by atoms with Gasteiger partial charge in [0.1, 0.15) is 23.7 Å². The first kappa shape index (κ1) is 15.7. The molecular weight excluding hydrogens is 297 g/mol. The Kier molecular flexibility index (Phi) is 4.17. The van der Waals surface area contributed by atoms with Crippen LogP contribution in [0.2, 0.25) is 0 Å². The van der Waals surface area contributed by atoms with Crippen LogP contribution in [0.15, 0.2) is 30.6 Å². The van der Waals surface area contributed by atoms with Crippen molar-refractivity contribution < 1.29 is 13.9 Å². The number of aryl methyl sites for hydroxylation is 1. The van der Waals surface area contributed by atoms with E-state index < -0.39 is 0 Å². The van der Waals surface area contributed by atoms with Crippen LogP contribution in [0.4, 0.5) is 4.39 Å². The number of aromatic nitrogens is 2. The van der Waals surface area contributed by atoms with E-state index in [1.165, 1.54) is 10.7 Å². The summed E-state index contributed by atoms with van der Waals surface area (Å²) in [4.78, 5) is 11.7. The number of nitrogens with one attached hydrogen (secondary N) is 1.